The fourth-order valence-electron chi connectivity index (χ4n) is 2.80. The van der Waals surface area contributed by atoms with Crippen molar-refractivity contribution in [2.24, 2.45) is 0 Å². The van der Waals surface area contributed by atoms with Crippen LogP contribution in [0.25, 0.3) is 16.9 Å². The number of ether oxygens (including phenoxy) is 2. The summed E-state index contributed by atoms with van der Waals surface area (Å²) in [5.41, 5.74) is -0.862. The van der Waals surface area contributed by atoms with Gasteiger partial charge in [-0.2, -0.15) is 18.3 Å². The monoisotopic (exact) mass is 408 g/mol. The third-order valence-electron chi connectivity index (χ3n) is 4.22. The summed E-state index contributed by atoms with van der Waals surface area (Å²) in [6.45, 7) is 2.25. The fourth-order valence-corrected chi connectivity index (χ4v) is 2.80. The zero-order chi connectivity index (χ0) is 21.2. The summed E-state index contributed by atoms with van der Waals surface area (Å²) in [7, 11) is 2.88. The number of nitrogens with one attached hydrogen (secondary N) is 1. The van der Waals surface area contributed by atoms with Crippen LogP contribution in [0.4, 0.5) is 13.2 Å². The second kappa shape index (κ2) is 7.98. The Morgan fingerprint density at radius 1 is 1.17 bits per heavy atom. The van der Waals surface area contributed by atoms with Gasteiger partial charge in [0.1, 0.15) is 5.56 Å². The highest BCUT2D eigenvalue weighted by atomic mass is 19.4. The van der Waals surface area contributed by atoms with E-state index in [1.807, 2.05) is 6.92 Å². The maximum atomic E-state index is 13.7. The highest BCUT2D eigenvalue weighted by Crippen LogP contribution is 2.35. The first-order valence-corrected chi connectivity index (χ1v) is 8.76. The Morgan fingerprint density at radius 2 is 1.90 bits per heavy atom. The van der Waals surface area contributed by atoms with Crippen LogP contribution in [0, 0.1) is 0 Å². The number of hydrogen-bond acceptors (Lipinski definition) is 5. The van der Waals surface area contributed by atoms with Crippen molar-refractivity contribution >= 4 is 11.6 Å². The molecule has 154 valence electrons. The average Bonchev–Trinajstić information content (AvgIpc) is 3.13. The van der Waals surface area contributed by atoms with Crippen LogP contribution < -0.4 is 14.8 Å². The largest absolute Gasteiger partial charge is 0.493 e. The standard InChI is InChI=1S/C19H19F3N4O3/c1-4-7-23-18(27)12-10-24-26-16(19(20,21)22)9-13(25-17(12)26)11-5-6-14(28-2)15(8-11)29-3/h5-6,8-10H,4,7H2,1-3H3,(H,23,27). The molecule has 29 heavy (non-hydrogen) atoms. The van der Waals surface area contributed by atoms with Gasteiger partial charge in [-0.15, -0.1) is 0 Å². The summed E-state index contributed by atoms with van der Waals surface area (Å²) in [5, 5.41) is 6.37. The van der Waals surface area contributed by atoms with E-state index in [4.69, 9.17) is 9.47 Å². The van der Waals surface area contributed by atoms with Crippen LogP contribution in [-0.4, -0.2) is 41.3 Å². The molecule has 7 nitrogen and oxygen atoms in total. The number of benzene rings is 1. The highest BCUT2D eigenvalue weighted by molar-refractivity contribution is 5.99. The summed E-state index contributed by atoms with van der Waals surface area (Å²) >= 11 is 0. The number of methoxy groups -OCH3 is 2. The minimum Gasteiger partial charge on any atom is -0.493 e. The molecule has 0 saturated heterocycles. The van der Waals surface area contributed by atoms with Gasteiger partial charge in [-0.3, -0.25) is 4.79 Å². The molecular weight excluding hydrogens is 389 g/mol. The summed E-state index contributed by atoms with van der Waals surface area (Å²) in [6.07, 6.45) is -2.93. The first kappa shape index (κ1) is 20.4. The number of aromatic nitrogens is 3. The van der Waals surface area contributed by atoms with E-state index >= 15 is 0 Å². The van der Waals surface area contributed by atoms with E-state index in [9.17, 15) is 18.0 Å². The van der Waals surface area contributed by atoms with Gasteiger partial charge in [0.05, 0.1) is 26.1 Å². The van der Waals surface area contributed by atoms with Crippen molar-refractivity contribution < 1.29 is 27.4 Å². The molecule has 0 aliphatic rings. The van der Waals surface area contributed by atoms with Crippen LogP contribution in [0.5, 0.6) is 11.5 Å². The van der Waals surface area contributed by atoms with Gasteiger partial charge >= 0.3 is 6.18 Å². The van der Waals surface area contributed by atoms with Crippen molar-refractivity contribution in [1.82, 2.24) is 19.9 Å². The molecule has 3 rings (SSSR count). The van der Waals surface area contributed by atoms with Crippen LogP contribution in [0.3, 0.4) is 0 Å². The number of nitrogens with zero attached hydrogens (tertiary/aromatic N) is 3. The van der Waals surface area contributed by atoms with Crippen LogP contribution >= 0.6 is 0 Å². The molecule has 1 N–H and O–H groups in total. The van der Waals surface area contributed by atoms with E-state index in [0.29, 0.717) is 34.5 Å². The average molecular weight is 408 g/mol. The summed E-state index contributed by atoms with van der Waals surface area (Å²) in [4.78, 5) is 16.6. The molecule has 0 radical (unpaired) electrons. The number of hydrogen-bond donors (Lipinski definition) is 1. The second-order valence-electron chi connectivity index (χ2n) is 6.14. The normalized spacial score (nSPS) is 11.5. The third kappa shape index (κ3) is 3.96. The number of fused-ring (bicyclic) bond motifs is 1. The van der Waals surface area contributed by atoms with E-state index in [-0.39, 0.29) is 16.9 Å². The first-order chi connectivity index (χ1) is 13.8. The fraction of sp³-hybridized carbons (Fsp3) is 0.316. The van der Waals surface area contributed by atoms with E-state index in [1.165, 1.54) is 20.3 Å². The van der Waals surface area contributed by atoms with Crippen LogP contribution in [-0.2, 0) is 6.18 Å². The number of amides is 1. The zero-order valence-corrected chi connectivity index (χ0v) is 16.0. The molecule has 0 aliphatic carbocycles. The lowest BCUT2D eigenvalue weighted by molar-refractivity contribution is -0.142. The van der Waals surface area contributed by atoms with Crippen LogP contribution in [0.15, 0.2) is 30.5 Å². The molecular formula is C19H19F3N4O3. The van der Waals surface area contributed by atoms with Crippen molar-refractivity contribution in [1.29, 1.82) is 0 Å². The predicted molar refractivity (Wildman–Crippen MR) is 99.2 cm³/mol. The van der Waals surface area contributed by atoms with Gasteiger partial charge in [0, 0.05) is 12.1 Å². The van der Waals surface area contributed by atoms with E-state index in [2.05, 4.69) is 15.4 Å². The third-order valence-corrected chi connectivity index (χ3v) is 4.22. The van der Waals surface area contributed by atoms with Crippen molar-refractivity contribution in [3.05, 3.63) is 41.7 Å². The lowest BCUT2D eigenvalue weighted by Crippen LogP contribution is -2.24. The smallest absolute Gasteiger partial charge is 0.433 e. The molecule has 1 amide bonds. The molecule has 3 aromatic rings. The van der Waals surface area contributed by atoms with E-state index in [0.717, 1.165) is 12.3 Å². The van der Waals surface area contributed by atoms with Crippen molar-refractivity contribution in [2.45, 2.75) is 19.5 Å². The lowest BCUT2D eigenvalue weighted by Gasteiger charge is -2.13. The summed E-state index contributed by atoms with van der Waals surface area (Å²) in [6, 6.07) is 5.53. The molecule has 0 aliphatic heterocycles. The van der Waals surface area contributed by atoms with Crippen LogP contribution in [0.2, 0.25) is 0 Å². The molecule has 0 saturated carbocycles. The van der Waals surface area contributed by atoms with Gasteiger partial charge in [0.2, 0.25) is 0 Å². The van der Waals surface area contributed by atoms with Gasteiger partial charge in [-0.1, -0.05) is 6.92 Å². The van der Waals surface area contributed by atoms with Gasteiger partial charge < -0.3 is 14.8 Å². The number of halogens is 3. The maximum absolute atomic E-state index is 13.7. The Bertz CT molecular complexity index is 1050. The van der Waals surface area contributed by atoms with E-state index < -0.39 is 17.8 Å². The topological polar surface area (TPSA) is 77.8 Å². The van der Waals surface area contributed by atoms with Gasteiger partial charge in [0.15, 0.2) is 22.8 Å². The Labute approximate surface area is 164 Å². The van der Waals surface area contributed by atoms with Gasteiger partial charge in [-0.05, 0) is 30.7 Å². The minimum absolute atomic E-state index is 0.0239. The molecule has 2 aromatic heterocycles. The molecule has 0 unspecified atom stereocenters. The molecule has 10 heteroatoms. The van der Waals surface area contributed by atoms with Gasteiger partial charge in [0.25, 0.3) is 5.91 Å². The second-order valence-corrected chi connectivity index (χ2v) is 6.14. The minimum atomic E-state index is -4.70. The molecule has 0 fully saturated rings. The number of carbonyl (C=O) groups excluding carboxylic acids is 1. The summed E-state index contributed by atoms with van der Waals surface area (Å²) in [5.74, 6) is 0.235. The highest BCUT2D eigenvalue weighted by Gasteiger charge is 2.36. The van der Waals surface area contributed by atoms with Gasteiger partial charge in [-0.25, -0.2) is 9.50 Å². The zero-order valence-electron chi connectivity index (χ0n) is 16.0. The summed E-state index contributed by atoms with van der Waals surface area (Å²) < 4.78 is 52.0. The maximum Gasteiger partial charge on any atom is 0.433 e. The Morgan fingerprint density at radius 3 is 2.52 bits per heavy atom. The molecule has 0 atom stereocenters. The Balaban J connectivity index is 2.21. The predicted octanol–water partition coefficient (Wildman–Crippen LogP) is 3.57. The van der Waals surface area contributed by atoms with Crippen molar-refractivity contribution in [3.63, 3.8) is 0 Å². The Kier molecular flexibility index (Phi) is 5.62. The number of carbonyl (C=O) groups is 1. The SMILES string of the molecule is CCCNC(=O)c1cnn2c(C(F)(F)F)cc(-c3ccc(OC)c(OC)c3)nc12. The van der Waals surface area contributed by atoms with Crippen LogP contribution in [0.1, 0.15) is 29.4 Å². The molecule has 0 bridgehead atoms. The number of alkyl halides is 3. The molecule has 2 heterocycles. The molecule has 0 spiro atoms. The van der Waals surface area contributed by atoms with Crippen molar-refractivity contribution in [3.8, 4) is 22.8 Å². The lowest BCUT2D eigenvalue weighted by atomic mass is 10.1. The quantitative estimate of drug-likeness (QED) is 0.675. The number of rotatable bonds is 6. The van der Waals surface area contributed by atoms with Crippen molar-refractivity contribution in [2.75, 3.05) is 20.8 Å². The molecule has 1 aromatic carbocycles. The Hall–Kier alpha value is -3.30. The van der Waals surface area contributed by atoms with E-state index in [1.54, 1.807) is 12.1 Å². The first-order valence-electron chi connectivity index (χ1n) is 8.76.